The zero-order chi connectivity index (χ0) is 15.9. The molecule has 6 heteroatoms. The Morgan fingerprint density at radius 1 is 1.09 bits per heavy atom. The third kappa shape index (κ3) is 4.39. The van der Waals surface area contributed by atoms with Crippen molar-refractivity contribution in [3.05, 3.63) is 64.6 Å². The SMILES string of the molecule is N[C@@H](Cc1ccc(OCc2ccc(N=O)cc2)cc1)C(=O)O. The maximum Gasteiger partial charge on any atom is 0.320 e. The van der Waals surface area contributed by atoms with Crippen LogP contribution in [0, 0.1) is 4.91 Å². The van der Waals surface area contributed by atoms with Crippen molar-refractivity contribution in [3.8, 4) is 5.75 Å². The van der Waals surface area contributed by atoms with Crippen molar-refractivity contribution in [2.24, 2.45) is 10.9 Å². The summed E-state index contributed by atoms with van der Waals surface area (Å²) >= 11 is 0. The number of nitroso groups, excluding NO2 is 1. The summed E-state index contributed by atoms with van der Waals surface area (Å²) < 4.78 is 5.62. The van der Waals surface area contributed by atoms with Crippen LogP contribution in [0.2, 0.25) is 0 Å². The number of carboxylic acids is 1. The van der Waals surface area contributed by atoms with Gasteiger partial charge in [-0.2, -0.15) is 0 Å². The van der Waals surface area contributed by atoms with Gasteiger partial charge in [-0.15, -0.1) is 4.91 Å². The molecular weight excluding hydrogens is 284 g/mol. The summed E-state index contributed by atoms with van der Waals surface area (Å²) in [5.74, 6) is -0.348. The predicted molar refractivity (Wildman–Crippen MR) is 82.0 cm³/mol. The van der Waals surface area contributed by atoms with Gasteiger partial charge in [0, 0.05) is 0 Å². The minimum Gasteiger partial charge on any atom is -0.489 e. The highest BCUT2D eigenvalue weighted by Gasteiger charge is 2.11. The molecule has 1 atom stereocenters. The second-order valence-electron chi connectivity index (χ2n) is 4.84. The molecule has 0 aliphatic carbocycles. The zero-order valence-corrected chi connectivity index (χ0v) is 11.8. The summed E-state index contributed by atoms with van der Waals surface area (Å²) in [6.07, 6.45) is 0.274. The van der Waals surface area contributed by atoms with Crippen molar-refractivity contribution in [1.82, 2.24) is 0 Å². The van der Waals surface area contributed by atoms with Crippen molar-refractivity contribution in [2.75, 3.05) is 0 Å². The number of ether oxygens (including phenoxy) is 1. The average Bonchev–Trinajstić information content (AvgIpc) is 2.54. The van der Waals surface area contributed by atoms with Crippen LogP contribution >= 0.6 is 0 Å². The number of nitrogens with zero attached hydrogens (tertiary/aromatic N) is 1. The van der Waals surface area contributed by atoms with Gasteiger partial charge in [0.05, 0.1) is 0 Å². The quantitative estimate of drug-likeness (QED) is 0.765. The molecule has 0 spiro atoms. The molecule has 0 aliphatic rings. The Bertz CT molecular complexity index is 638. The van der Waals surface area contributed by atoms with E-state index in [1.165, 1.54) is 0 Å². The molecule has 0 heterocycles. The first-order chi connectivity index (χ1) is 10.6. The number of carboxylic acid groups (broad SMARTS) is 1. The number of rotatable bonds is 7. The Balaban J connectivity index is 1.90. The van der Waals surface area contributed by atoms with Crippen LogP contribution in [0.15, 0.2) is 53.7 Å². The lowest BCUT2D eigenvalue weighted by Crippen LogP contribution is -2.32. The van der Waals surface area contributed by atoms with E-state index in [0.717, 1.165) is 11.1 Å². The van der Waals surface area contributed by atoms with E-state index in [9.17, 15) is 9.70 Å². The lowest BCUT2D eigenvalue weighted by Gasteiger charge is -2.09. The van der Waals surface area contributed by atoms with Crippen molar-refractivity contribution < 1.29 is 14.6 Å². The van der Waals surface area contributed by atoms with Crippen molar-refractivity contribution in [1.29, 1.82) is 0 Å². The van der Waals surface area contributed by atoms with Crippen LogP contribution in [0.3, 0.4) is 0 Å². The Morgan fingerprint density at radius 2 is 1.68 bits per heavy atom. The number of carbonyl (C=O) groups is 1. The first-order valence-corrected chi connectivity index (χ1v) is 6.71. The fraction of sp³-hybridized carbons (Fsp3) is 0.188. The van der Waals surface area contributed by atoms with Gasteiger partial charge in [0.25, 0.3) is 0 Å². The Kier molecular flexibility index (Phi) is 5.21. The highest BCUT2D eigenvalue weighted by Crippen LogP contribution is 2.17. The monoisotopic (exact) mass is 300 g/mol. The van der Waals surface area contributed by atoms with Crippen LogP contribution in [0.1, 0.15) is 11.1 Å². The van der Waals surface area contributed by atoms with E-state index in [1.54, 1.807) is 48.5 Å². The van der Waals surface area contributed by atoms with Gasteiger partial charge in [0.2, 0.25) is 0 Å². The molecule has 0 aliphatic heterocycles. The van der Waals surface area contributed by atoms with Crippen LogP contribution in [-0.4, -0.2) is 17.1 Å². The lowest BCUT2D eigenvalue weighted by atomic mass is 10.1. The van der Waals surface area contributed by atoms with Crippen LogP contribution in [0.5, 0.6) is 5.75 Å². The van der Waals surface area contributed by atoms with Crippen LogP contribution in [0.4, 0.5) is 5.69 Å². The fourth-order valence-corrected chi connectivity index (χ4v) is 1.88. The molecular formula is C16H16N2O4. The Hall–Kier alpha value is -2.73. The molecule has 2 rings (SSSR count). The predicted octanol–water partition coefficient (Wildman–Crippen LogP) is 2.62. The minimum absolute atomic E-state index is 0.274. The second kappa shape index (κ2) is 7.33. The number of nitrogens with two attached hydrogens (primary N) is 1. The fourth-order valence-electron chi connectivity index (χ4n) is 1.88. The van der Waals surface area contributed by atoms with E-state index in [-0.39, 0.29) is 6.42 Å². The molecule has 0 bridgehead atoms. The molecule has 0 fully saturated rings. The van der Waals surface area contributed by atoms with E-state index in [2.05, 4.69) is 5.18 Å². The smallest absolute Gasteiger partial charge is 0.320 e. The molecule has 2 aromatic carbocycles. The van der Waals surface area contributed by atoms with Gasteiger partial charge in [0.15, 0.2) is 0 Å². The van der Waals surface area contributed by atoms with Crippen molar-refractivity contribution in [3.63, 3.8) is 0 Å². The number of hydrogen-bond donors (Lipinski definition) is 2. The molecule has 0 unspecified atom stereocenters. The van der Waals surface area contributed by atoms with Gasteiger partial charge >= 0.3 is 5.97 Å². The highest BCUT2D eigenvalue weighted by atomic mass is 16.5. The van der Waals surface area contributed by atoms with Crippen molar-refractivity contribution >= 4 is 11.7 Å². The van der Waals surface area contributed by atoms with E-state index >= 15 is 0 Å². The second-order valence-corrected chi connectivity index (χ2v) is 4.84. The van der Waals surface area contributed by atoms with Gasteiger partial charge in [0.1, 0.15) is 24.1 Å². The summed E-state index contributed by atoms with van der Waals surface area (Å²) in [6, 6.07) is 13.0. The Labute approximate surface area is 127 Å². The summed E-state index contributed by atoms with van der Waals surface area (Å²) in [4.78, 5) is 21.0. The van der Waals surface area contributed by atoms with E-state index in [4.69, 9.17) is 15.6 Å². The molecule has 0 saturated heterocycles. The molecule has 0 aromatic heterocycles. The van der Waals surface area contributed by atoms with Crippen molar-refractivity contribution in [2.45, 2.75) is 19.1 Å². The standard InChI is InChI=1S/C16H16N2O4/c17-15(16(19)20)9-11-3-7-14(8-4-11)22-10-12-1-5-13(18-21)6-2-12/h1-8,15H,9-10,17H2,(H,19,20)/t15-/m0/s1. The zero-order valence-electron chi connectivity index (χ0n) is 11.8. The van der Waals surface area contributed by atoms with E-state index in [1.807, 2.05) is 0 Å². The molecule has 3 N–H and O–H groups in total. The molecule has 0 radical (unpaired) electrons. The highest BCUT2D eigenvalue weighted by molar-refractivity contribution is 5.73. The van der Waals surface area contributed by atoms with Crippen LogP contribution in [0.25, 0.3) is 0 Å². The van der Waals surface area contributed by atoms with E-state index < -0.39 is 12.0 Å². The topological polar surface area (TPSA) is 102 Å². The normalized spacial score (nSPS) is 11.7. The molecule has 22 heavy (non-hydrogen) atoms. The molecule has 0 saturated carbocycles. The largest absolute Gasteiger partial charge is 0.489 e. The Morgan fingerprint density at radius 3 is 2.23 bits per heavy atom. The van der Waals surface area contributed by atoms with Gasteiger partial charge in [-0.3, -0.25) is 4.79 Å². The summed E-state index contributed by atoms with van der Waals surface area (Å²) in [5.41, 5.74) is 7.62. The number of aliphatic carboxylic acids is 1. The van der Waals surface area contributed by atoms with Crippen LogP contribution < -0.4 is 10.5 Å². The third-order valence-electron chi connectivity index (χ3n) is 3.14. The van der Waals surface area contributed by atoms with E-state index in [0.29, 0.717) is 18.0 Å². The van der Waals surface area contributed by atoms with Crippen LogP contribution in [-0.2, 0) is 17.8 Å². The molecule has 6 nitrogen and oxygen atoms in total. The molecule has 114 valence electrons. The van der Waals surface area contributed by atoms with Gasteiger partial charge in [-0.25, -0.2) is 0 Å². The number of hydrogen-bond acceptors (Lipinski definition) is 5. The summed E-state index contributed by atoms with van der Waals surface area (Å²) in [6.45, 7) is 0.368. The van der Waals surface area contributed by atoms with Gasteiger partial charge in [-0.05, 0) is 47.0 Å². The molecule has 0 amide bonds. The average molecular weight is 300 g/mol. The first kappa shape index (κ1) is 15.7. The molecule has 2 aromatic rings. The third-order valence-corrected chi connectivity index (χ3v) is 3.14. The summed E-state index contributed by atoms with van der Waals surface area (Å²) in [7, 11) is 0. The first-order valence-electron chi connectivity index (χ1n) is 6.71. The van der Waals surface area contributed by atoms with Gasteiger partial charge in [-0.1, -0.05) is 24.3 Å². The van der Waals surface area contributed by atoms with Gasteiger partial charge < -0.3 is 15.6 Å². The maximum absolute atomic E-state index is 10.7. The lowest BCUT2D eigenvalue weighted by molar-refractivity contribution is -0.138. The maximum atomic E-state index is 10.7. The summed E-state index contributed by atoms with van der Waals surface area (Å²) in [5, 5.41) is 11.6. The minimum atomic E-state index is -1.02. The number of benzene rings is 2.